The number of rotatable bonds is 4. The molecule has 0 fully saturated rings. The average molecular weight is 732 g/mol. The SMILES string of the molecule is CC(C)(C1=CC=C(Br)C(O)(Br)C1c1ccc(O)cc1)C1=CC=C(Br)C(O)(Br)C1c1ccc(O)cc1. The highest BCUT2D eigenvalue weighted by molar-refractivity contribution is 9.14. The van der Waals surface area contributed by atoms with Crippen LogP contribution in [0.3, 0.4) is 0 Å². The van der Waals surface area contributed by atoms with Crippen LogP contribution >= 0.6 is 63.7 Å². The molecule has 0 radical (unpaired) electrons. The number of hydrogen-bond acceptors (Lipinski definition) is 4. The van der Waals surface area contributed by atoms with Crippen molar-refractivity contribution in [1.82, 2.24) is 0 Å². The summed E-state index contributed by atoms with van der Waals surface area (Å²) in [6.45, 7) is 4.13. The van der Waals surface area contributed by atoms with Crippen molar-refractivity contribution in [2.24, 2.45) is 5.41 Å². The summed E-state index contributed by atoms with van der Waals surface area (Å²) in [4.78, 5) is 0. The molecule has 8 heteroatoms. The van der Waals surface area contributed by atoms with E-state index < -0.39 is 26.3 Å². The molecule has 0 saturated carbocycles. The lowest BCUT2D eigenvalue weighted by molar-refractivity contribution is 0.150. The molecule has 4 N–H and O–H groups in total. The van der Waals surface area contributed by atoms with Gasteiger partial charge in [0, 0.05) is 26.2 Å². The number of benzene rings is 2. The monoisotopic (exact) mass is 728 g/mol. The summed E-state index contributed by atoms with van der Waals surface area (Å²) in [6, 6.07) is 13.6. The molecule has 4 nitrogen and oxygen atoms in total. The molecule has 2 aromatic rings. The Kier molecular flexibility index (Phi) is 7.39. The highest BCUT2D eigenvalue weighted by Crippen LogP contribution is 2.60. The van der Waals surface area contributed by atoms with Crippen LogP contribution in [0.4, 0.5) is 0 Å². The second kappa shape index (κ2) is 9.62. The normalized spacial score (nSPS) is 29.1. The van der Waals surface area contributed by atoms with Crippen molar-refractivity contribution < 1.29 is 20.4 Å². The van der Waals surface area contributed by atoms with E-state index in [1.165, 1.54) is 0 Å². The van der Waals surface area contributed by atoms with Crippen molar-refractivity contribution in [1.29, 1.82) is 0 Å². The highest BCUT2D eigenvalue weighted by Gasteiger charge is 2.51. The van der Waals surface area contributed by atoms with Gasteiger partial charge in [0.2, 0.25) is 0 Å². The summed E-state index contributed by atoms with van der Waals surface area (Å²) < 4.78 is -1.68. The van der Waals surface area contributed by atoms with E-state index in [0.717, 1.165) is 22.3 Å². The molecule has 0 aliphatic heterocycles. The van der Waals surface area contributed by atoms with Crippen molar-refractivity contribution in [2.75, 3.05) is 0 Å². The fraction of sp³-hybridized carbons (Fsp3) is 0.259. The van der Waals surface area contributed by atoms with E-state index in [4.69, 9.17) is 0 Å². The third kappa shape index (κ3) is 4.78. The number of aliphatic hydroxyl groups is 2. The van der Waals surface area contributed by atoms with E-state index >= 15 is 0 Å². The molecule has 184 valence electrons. The van der Waals surface area contributed by atoms with Crippen molar-refractivity contribution in [3.05, 3.63) is 104 Å². The lowest BCUT2D eigenvalue weighted by atomic mass is 9.62. The molecule has 2 aliphatic rings. The third-order valence-corrected chi connectivity index (χ3v) is 11.3. The zero-order chi connectivity index (χ0) is 25.8. The predicted octanol–water partition coefficient (Wildman–Crippen LogP) is 7.60. The Morgan fingerprint density at radius 3 is 1.26 bits per heavy atom. The maximum absolute atomic E-state index is 11.6. The van der Waals surface area contributed by atoms with Crippen LogP contribution < -0.4 is 0 Å². The van der Waals surface area contributed by atoms with E-state index in [2.05, 4.69) is 77.6 Å². The maximum Gasteiger partial charge on any atom is 0.161 e. The molecule has 0 heterocycles. The molecule has 4 unspecified atom stereocenters. The minimum absolute atomic E-state index is 0.142. The van der Waals surface area contributed by atoms with Gasteiger partial charge >= 0.3 is 0 Å². The second-order valence-corrected chi connectivity index (χ2v) is 13.4. The molecule has 2 aliphatic carbocycles. The summed E-state index contributed by atoms with van der Waals surface area (Å²) in [5.74, 6) is -0.721. The maximum atomic E-state index is 11.6. The number of allylic oxidation sites excluding steroid dienone is 4. The highest BCUT2D eigenvalue weighted by atomic mass is 79.9. The number of phenolic OH excluding ortho intramolecular Hbond substituents is 2. The van der Waals surface area contributed by atoms with Crippen LogP contribution in [0, 0.1) is 5.41 Å². The van der Waals surface area contributed by atoms with Gasteiger partial charge in [-0.15, -0.1) is 0 Å². The van der Waals surface area contributed by atoms with Crippen molar-refractivity contribution in [3.63, 3.8) is 0 Å². The summed E-state index contributed by atoms with van der Waals surface area (Å²) in [7, 11) is 0. The summed E-state index contributed by atoms with van der Waals surface area (Å²) >= 11 is 14.1. The van der Waals surface area contributed by atoms with Crippen LogP contribution in [-0.2, 0) is 0 Å². The van der Waals surface area contributed by atoms with Gasteiger partial charge in [0.15, 0.2) is 9.02 Å². The molecular formula is C27H24Br4O4. The average Bonchev–Trinajstić information content (AvgIpc) is 2.78. The molecule has 0 saturated heterocycles. The molecule has 0 bridgehead atoms. The zero-order valence-corrected chi connectivity index (χ0v) is 25.2. The quantitative estimate of drug-likeness (QED) is 0.245. The number of halogens is 4. The Morgan fingerprint density at radius 1 is 0.629 bits per heavy atom. The molecule has 0 amide bonds. The standard InChI is InChI=1S/C27H24Br4O4/c1-25(2,19-11-13-21(28)26(30,34)23(19)15-3-7-17(32)8-4-15)20-12-14-22(29)27(31,35)24(20)16-5-9-18(33)10-6-16/h3-14,23-24,32-35H,1-2H3. The fourth-order valence-corrected chi connectivity index (χ4v) is 6.89. The van der Waals surface area contributed by atoms with Crippen LogP contribution in [0.5, 0.6) is 11.5 Å². The van der Waals surface area contributed by atoms with Gasteiger partial charge in [-0.1, -0.05) is 82.1 Å². The lowest BCUT2D eigenvalue weighted by Crippen LogP contribution is -2.42. The Morgan fingerprint density at radius 2 is 0.943 bits per heavy atom. The number of hydrogen-bond donors (Lipinski definition) is 4. The summed E-state index contributed by atoms with van der Waals surface area (Å²) in [6.07, 6.45) is 7.64. The number of alkyl halides is 2. The lowest BCUT2D eigenvalue weighted by Gasteiger charge is -2.47. The van der Waals surface area contributed by atoms with E-state index in [9.17, 15) is 20.4 Å². The minimum Gasteiger partial charge on any atom is -0.508 e. The minimum atomic E-state index is -1.42. The van der Waals surface area contributed by atoms with Crippen molar-refractivity contribution >= 4 is 63.7 Å². The van der Waals surface area contributed by atoms with Crippen LogP contribution in [0.1, 0.15) is 36.8 Å². The van der Waals surface area contributed by atoms with E-state index in [1.807, 2.05) is 24.3 Å². The topological polar surface area (TPSA) is 80.9 Å². The Hall–Kier alpha value is -1.16. The van der Waals surface area contributed by atoms with Crippen LogP contribution in [-0.4, -0.2) is 29.4 Å². The third-order valence-electron chi connectivity index (χ3n) is 6.77. The Bertz CT molecular complexity index is 1160. The van der Waals surface area contributed by atoms with Crippen LogP contribution in [0.25, 0.3) is 0 Å². The Balaban J connectivity index is 1.91. The van der Waals surface area contributed by atoms with Gasteiger partial charge in [0.05, 0.1) is 0 Å². The van der Waals surface area contributed by atoms with Gasteiger partial charge in [0.1, 0.15) is 11.5 Å². The number of phenols is 2. The molecule has 0 spiro atoms. The van der Waals surface area contributed by atoms with E-state index in [0.29, 0.717) is 8.96 Å². The van der Waals surface area contributed by atoms with E-state index in [1.54, 1.807) is 48.5 Å². The predicted molar refractivity (Wildman–Crippen MR) is 153 cm³/mol. The summed E-state index contributed by atoms with van der Waals surface area (Å²) in [5, 5.41) is 42.9. The van der Waals surface area contributed by atoms with Gasteiger partial charge in [-0.25, -0.2) is 0 Å². The molecule has 35 heavy (non-hydrogen) atoms. The number of aromatic hydroxyl groups is 2. The first-order chi connectivity index (χ1) is 16.3. The molecule has 4 atom stereocenters. The van der Waals surface area contributed by atoms with Gasteiger partial charge in [-0.3, -0.25) is 0 Å². The van der Waals surface area contributed by atoms with Gasteiger partial charge < -0.3 is 20.4 Å². The first kappa shape index (κ1) is 26.9. The first-order valence-corrected chi connectivity index (χ1v) is 14.0. The zero-order valence-electron chi connectivity index (χ0n) is 18.9. The fourth-order valence-electron chi connectivity index (χ4n) is 4.88. The first-order valence-electron chi connectivity index (χ1n) is 10.8. The van der Waals surface area contributed by atoms with Crippen molar-refractivity contribution in [3.8, 4) is 11.5 Å². The largest absolute Gasteiger partial charge is 0.508 e. The molecule has 2 aromatic carbocycles. The van der Waals surface area contributed by atoms with Gasteiger partial charge in [0.25, 0.3) is 0 Å². The second-order valence-electron chi connectivity index (χ2n) is 9.29. The molecular weight excluding hydrogens is 708 g/mol. The van der Waals surface area contributed by atoms with Gasteiger partial charge in [-0.05, 0) is 90.6 Å². The van der Waals surface area contributed by atoms with Crippen LogP contribution in [0.2, 0.25) is 0 Å². The van der Waals surface area contributed by atoms with E-state index in [-0.39, 0.29) is 11.5 Å². The molecule has 4 rings (SSSR count). The smallest absolute Gasteiger partial charge is 0.161 e. The van der Waals surface area contributed by atoms with Crippen LogP contribution in [0.15, 0.2) is 92.9 Å². The van der Waals surface area contributed by atoms with Crippen molar-refractivity contribution in [2.45, 2.75) is 34.7 Å². The Labute approximate surface area is 238 Å². The van der Waals surface area contributed by atoms with Gasteiger partial charge in [-0.2, -0.15) is 0 Å². The molecule has 0 aromatic heterocycles. The summed E-state index contributed by atoms with van der Waals surface area (Å²) in [5.41, 5.74) is 2.80.